The molecule has 0 bridgehead atoms. The fourth-order valence-electron chi connectivity index (χ4n) is 3.22. The maximum absolute atomic E-state index is 12.6. The van der Waals surface area contributed by atoms with Crippen LogP contribution in [0.4, 0.5) is 17.1 Å². The number of hydrogen-bond acceptors (Lipinski definition) is 4. The number of amides is 3. The number of fused-ring (bicyclic) bond motifs is 1. The van der Waals surface area contributed by atoms with E-state index in [2.05, 4.69) is 17.6 Å². The standard InChI is InChI=1S/C23H27N3O4/c1-3-4-13-30-17-9-10-18(16(2)14-17)24-21(27)11-12-23(29)26-15-22(28)25-19-7-5-6-8-20(19)26/h5-10,14H,3-4,11-13,15H2,1-2H3,(H,24,27)(H,25,28). The number of nitrogens with one attached hydrogen (secondary N) is 2. The maximum Gasteiger partial charge on any atom is 0.244 e. The summed E-state index contributed by atoms with van der Waals surface area (Å²) in [5, 5.41) is 5.59. The van der Waals surface area contributed by atoms with Gasteiger partial charge < -0.3 is 20.3 Å². The summed E-state index contributed by atoms with van der Waals surface area (Å²) in [7, 11) is 0. The molecule has 2 N–H and O–H groups in total. The minimum Gasteiger partial charge on any atom is -0.494 e. The van der Waals surface area contributed by atoms with Crippen LogP contribution in [0, 0.1) is 6.92 Å². The quantitative estimate of drug-likeness (QED) is 0.648. The zero-order valence-electron chi connectivity index (χ0n) is 17.4. The molecular weight excluding hydrogens is 382 g/mol. The number of ether oxygens (including phenoxy) is 1. The van der Waals surface area contributed by atoms with Crippen molar-refractivity contribution < 1.29 is 19.1 Å². The predicted octanol–water partition coefficient (Wildman–Crippen LogP) is 3.88. The minimum absolute atomic E-state index is 0.0186. The number of aryl methyl sites for hydroxylation is 1. The lowest BCUT2D eigenvalue weighted by Crippen LogP contribution is -2.42. The monoisotopic (exact) mass is 409 g/mol. The Hall–Kier alpha value is -3.35. The van der Waals surface area contributed by atoms with Crippen molar-refractivity contribution in [3.05, 3.63) is 48.0 Å². The number of carbonyl (C=O) groups is 3. The third kappa shape index (κ3) is 5.37. The van der Waals surface area contributed by atoms with Gasteiger partial charge in [-0.05, 0) is 49.2 Å². The van der Waals surface area contributed by atoms with Gasteiger partial charge in [-0.1, -0.05) is 25.5 Å². The molecule has 0 aliphatic carbocycles. The molecule has 3 amide bonds. The first-order valence-electron chi connectivity index (χ1n) is 10.2. The first-order chi connectivity index (χ1) is 14.5. The van der Waals surface area contributed by atoms with Crippen LogP contribution in [0.2, 0.25) is 0 Å². The van der Waals surface area contributed by atoms with E-state index in [0.29, 0.717) is 23.7 Å². The molecule has 1 aliphatic rings. The van der Waals surface area contributed by atoms with Gasteiger partial charge >= 0.3 is 0 Å². The summed E-state index contributed by atoms with van der Waals surface area (Å²) in [6.45, 7) is 4.63. The van der Waals surface area contributed by atoms with Crippen LogP contribution in [0.5, 0.6) is 5.75 Å². The predicted molar refractivity (Wildman–Crippen MR) is 117 cm³/mol. The van der Waals surface area contributed by atoms with Crippen LogP contribution < -0.4 is 20.3 Å². The molecule has 1 heterocycles. The first-order valence-corrected chi connectivity index (χ1v) is 10.2. The van der Waals surface area contributed by atoms with E-state index >= 15 is 0 Å². The van der Waals surface area contributed by atoms with Gasteiger partial charge in [-0.15, -0.1) is 0 Å². The summed E-state index contributed by atoms with van der Waals surface area (Å²) in [4.78, 5) is 38.3. The van der Waals surface area contributed by atoms with E-state index in [1.807, 2.05) is 31.2 Å². The summed E-state index contributed by atoms with van der Waals surface area (Å²) < 4.78 is 5.68. The SMILES string of the molecule is CCCCOc1ccc(NC(=O)CCC(=O)N2CC(=O)Nc3ccccc32)c(C)c1. The Balaban J connectivity index is 1.55. The van der Waals surface area contributed by atoms with Gasteiger partial charge in [0.15, 0.2) is 0 Å². The zero-order chi connectivity index (χ0) is 21.5. The molecule has 2 aromatic rings. The van der Waals surface area contributed by atoms with E-state index in [0.717, 1.165) is 24.2 Å². The molecule has 1 aliphatic heterocycles. The average molecular weight is 409 g/mol. The van der Waals surface area contributed by atoms with Crippen molar-refractivity contribution in [2.75, 3.05) is 28.7 Å². The lowest BCUT2D eigenvalue weighted by molar-refractivity contribution is -0.124. The fourth-order valence-corrected chi connectivity index (χ4v) is 3.22. The second-order valence-corrected chi connectivity index (χ2v) is 7.27. The maximum atomic E-state index is 12.6. The fraction of sp³-hybridized carbons (Fsp3) is 0.348. The van der Waals surface area contributed by atoms with Crippen molar-refractivity contribution in [3.8, 4) is 5.75 Å². The van der Waals surface area contributed by atoms with Gasteiger partial charge in [0.1, 0.15) is 12.3 Å². The molecular formula is C23H27N3O4. The van der Waals surface area contributed by atoms with Crippen molar-refractivity contribution in [1.29, 1.82) is 0 Å². The van der Waals surface area contributed by atoms with Gasteiger partial charge in [0.2, 0.25) is 17.7 Å². The van der Waals surface area contributed by atoms with Gasteiger partial charge in [-0.25, -0.2) is 0 Å². The van der Waals surface area contributed by atoms with Gasteiger partial charge in [-0.3, -0.25) is 14.4 Å². The van der Waals surface area contributed by atoms with E-state index < -0.39 is 0 Å². The third-order valence-corrected chi connectivity index (χ3v) is 4.88. The molecule has 0 atom stereocenters. The normalized spacial score (nSPS) is 12.7. The zero-order valence-corrected chi connectivity index (χ0v) is 17.4. The molecule has 0 spiro atoms. The molecule has 0 unspecified atom stereocenters. The minimum atomic E-state index is -0.260. The second-order valence-electron chi connectivity index (χ2n) is 7.27. The molecule has 2 aromatic carbocycles. The van der Waals surface area contributed by atoms with Crippen LogP contribution in [0.3, 0.4) is 0 Å². The average Bonchev–Trinajstić information content (AvgIpc) is 2.73. The molecule has 7 nitrogen and oxygen atoms in total. The third-order valence-electron chi connectivity index (χ3n) is 4.88. The summed E-state index contributed by atoms with van der Waals surface area (Å²) in [6, 6.07) is 12.6. The van der Waals surface area contributed by atoms with Crippen LogP contribution in [0.15, 0.2) is 42.5 Å². The van der Waals surface area contributed by atoms with Crippen molar-refractivity contribution in [3.63, 3.8) is 0 Å². The van der Waals surface area contributed by atoms with Gasteiger partial charge in [0, 0.05) is 18.5 Å². The van der Waals surface area contributed by atoms with Gasteiger partial charge in [0.25, 0.3) is 0 Å². The Morgan fingerprint density at radius 2 is 1.97 bits per heavy atom. The number of para-hydroxylation sites is 2. The summed E-state index contributed by atoms with van der Waals surface area (Å²) in [5.41, 5.74) is 2.84. The number of benzene rings is 2. The number of hydrogen-bond donors (Lipinski definition) is 2. The summed E-state index contributed by atoms with van der Waals surface area (Å²) in [6.07, 6.45) is 2.12. The van der Waals surface area contributed by atoms with Crippen molar-refractivity contribution in [2.45, 2.75) is 39.5 Å². The van der Waals surface area contributed by atoms with Crippen LogP contribution in [0.1, 0.15) is 38.2 Å². The van der Waals surface area contributed by atoms with E-state index in [4.69, 9.17) is 4.74 Å². The molecule has 0 radical (unpaired) electrons. The van der Waals surface area contributed by atoms with Crippen molar-refractivity contribution >= 4 is 34.8 Å². The Bertz CT molecular complexity index is 942. The molecule has 0 fully saturated rings. The van der Waals surface area contributed by atoms with Crippen molar-refractivity contribution in [1.82, 2.24) is 0 Å². The van der Waals surface area contributed by atoms with E-state index in [-0.39, 0.29) is 37.1 Å². The highest BCUT2D eigenvalue weighted by atomic mass is 16.5. The molecule has 7 heteroatoms. The van der Waals surface area contributed by atoms with Crippen LogP contribution in [-0.2, 0) is 14.4 Å². The topological polar surface area (TPSA) is 87.7 Å². The number of nitrogens with zero attached hydrogens (tertiary/aromatic N) is 1. The number of carbonyl (C=O) groups excluding carboxylic acids is 3. The smallest absolute Gasteiger partial charge is 0.244 e. The second kappa shape index (κ2) is 9.91. The summed E-state index contributed by atoms with van der Waals surface area (Å²) >= 11 is 0. The number of unbranched alkanes of at least 4 members (excludes halogenated alkanes) is 1. The molecule has 0 saturated heterocycles. The Labute approximate surface area is 176 Å². The molecule has 0 aromatic heterocycles. The van der Waals surface area contributed by atoms with Crippen LogP contribution in [-0.4, -0.2) is 30.9 Å². The lowest BCUT2D eigenvalue weighted by atomic mass is 10.1. The number of rotatable bonds is 8. The number of anilines is 3. The van der Waals surface area contributed by atoms with E-state index in [1.165, 1.54) is 4.90 Å². The highest BCUT2D eigenvalue weighted by Crippen LogP contribution is 2.29. The van der Waals surface area contributed by atoms with Gasteiger partial charge in [-0.2, -0.15) is 0 Å². The molecule has 158 valence electrons. The van der Waals surface area contributed by atoms with Crippen molar-refractivity contribution in [2.24, 2.45) is 0 Å². The molecule has 0 saturated carbocycles. The van der Waals surface area contributed by atoms with Crippen LogP contribution >= 0.6 is 0 Å². The lowest BCUT2D eigenvalue weighted by Gasteiger charge is -2.29. The van der Waals surface area contributed by atoms with E-state index in [9.17, 15) is 14.4 Å². The highest BCUT2D eigenvalue weighted by molar-refractivity contribution is 6.10. The summed E-state index contributed by atoms with van der Waals surface area (Å²) in [5.74, 6) is 0.0178. The Kier molecular flexibility index (Phi) is 7.06. The Morgan fingerprint density at radius 3 is 2.73 bits per heavy atom. The molecule has 3 rings (SSSR count). The molecule has 30 heavy (non-hydrogen) atoms. The van der Waals surface area contributed by atoms with Gasteiger partial charge in [0.05, 0.1) is 18.0 Å². The van der Waals surface area contributed by atoms with E-state index in [1.54, 1.807) is 18.2 Å². The Morgan fingerprint density at radius 1 is 1.17 bits per heavy atom. The highest BCUT2D eigenvalue weighted by Gasteiger charge is 2.26. The van der Waals surface area contributed by atoms with Crippen LogP contribution in [0.25, 0.3) is 0 Å². The first kappa shape index (κ1) is 21.4. The largest absolute Gasteiger partial charge is 0.494 e.